The molecular formula is C20H26N2O4S2. The first-order chi connectivity index (χ1) is 13.4. The van der Waals surface area contributed by atoms with Crippen LogP contribution in [0.3, 0.4) is 0 Å². The molecule has 1 amide bonds. The van der Waals surface area contributed by atoms with Gasteiger partial charge in [0, 0.05) is 23.5 Å². The number of nitrogens with zero attached hydrogens (tertiary/aromatic N) is 1. The predicted molar refractivity (Wildman–Crippen MR) is 110 cm³/mol. The standard InChI is InChI=1S/C20H26N2O4S2/c1-15(2)26-17-8-6-16(7-9-17)20(23)21-14-18-10-11-19(27-18)28(24,25)22-12-4-3-5-13-22/h6-11,15H,3-5,12-14H2,1-2H3,(H,21,23). The van der Waals surface area contributed by atoms with Crippen LogP contribution in [-0.4, -0.2) is 37.8 Å². The van der Waals surface area contributed by atoms with Crippen LogP contribution < -0.4 is 10.1 Å². The maximum absolute atomic E-state index is 12.7. The van der Waals surface area contributed by atoms with Gasteiger partial charge < -0.3 is 10.1 Å². The summed E-state index contributed by atoms with van der Waals surface area (Å²) in [5, 5.41) is 2.84. The van der Waals surface area contributed by atoms with Crippen LogP contribution in [0.2, 0.25) is 0 Å². The number of nitrogens with one attached hydrogen (secondary N) is 1. The Bertz CT molecular complexity index is 899. The van der Waals surface area contributed by atoms with E-state index in [0.717, 1.165) is 29.9 Å². The van der Waals surface area contributed by atoms with Crippen molar-refractivity contribution >= 4 is 27.3 Å². The van der Waals surface area contributed by atoms with E-state index in [-0.39, 0.29) is 12.0 Å². The number of rotatable bonds is 7. The molecule has 1 saturated heterocycles. The molecule has 1 aliphatic heterocycles. The van der Waals surface area contributed by atoms with Crippen LogP contribution in [0.25, 0.3) is 0 Å². The molecule has 6 nitrogen and oxygen atoms in total. The summed E-state index contributed by atoms with van der Waals surface area (Å²) in [6.07, 6.45) is 2.98. The van der Waals surface area contributed by atoms with Crippen molar-refractivity contribution in [1.29, 1.82) is 0 Å². The summed E-state index contributed by atoms with van der Waals surface area (Å²) in [6, 6.07) is 10.4. The van der Waals surface area contributed by atoms with Gasteiger partial charge in [0.25, 0.3) is 15.9 Å². The van der Waals surface area contributed by atoms with Crippen molar-refractivity contribution in [3.05, 3.63) is 46.8 Å². The fourth-order valence-electron chi connectivity index (χ4n) is 3.05. The monoisotopic (exact) mass is 422 g/mol. The average molecular weight is 423 g/mol. The molecule has 1 fully saturated rings. The van der Waals surface area contributed by atoms with Gasteiger partial charge in [0.2, 0.25) is 0 Å². The molecule has 3 rings (SSSR count). The van der Waals surface area contributed by atoms with Gasteiger partial charge in [0.15, 0.2) is 0 Å². The number of hydrogen-bond acceptors (Lipinski definition) is 5. The Morgan fingerprint density at radius 2 is 1.79 bits per heavy atom. The van der Waals surface area contributed by atoms with Gasteiger partial charge in [-0.05, 0) is 63.1 Å². The fourth-order valence-corrected chi connectivity index (χ4v) is 6.02. The highest BCUT2D eigenvalue weighted by Gasteiger charge is 2.27. The molecule has 0 radical (unpaired) electrons. The molecule has 0 spiro atoms. The van der Waals surface area contributed by atoms with E-state index in [0.29, 0.717) is 29.4 Å². The van der Waals surface area contributed by atoms with Gasteiger partial charge in [-0.15, -0.1) is 11.3 Å². The van der Waals surface area contributed by atoms with E-state index in [1.807, 2.05) is 13.8 Å². The zero-order valence-corrected chi connectivity index (χ0v) is 17.8. The third kappa shape index (κ3) is 5.12. The molecule has 152 valence electrons. The van der Waals surface area contributed by atoms with Crippen molar-refractivity contribution in [3.8, 4) is 5.75 Å². The number of benzene rings is 1. The smallest absolute Gasteiger partial charge is 0.252 e. The molecule has 0 bridgehead atoms. The van der Waals surface area contributed by atoms with Gasteiger partial charge in [-0.3, -0.25) is 4.79 Å². The minimum atomic E-state index is -3.42. The van der Waals surface area contributed by atoms with E-state index in [9.17, 15) is 13.2 Å². The van der Waals surface area contributed by atoms with Crippen LogP contribution in [0.15, 0.2) is 40.6 Å². The van der Waals surface area contributed by atoms with Crippen LogP contribution in [0, 0.1) is 0 Å². The first-order valence-corrected chi connectivity index (χ1v) is 11.8. The van der Waals surface area contributed by atoms with Crippen LogP contribution in [0.4, 0.5) is 0 Å². The zero-order valence-electron chi connectivity index (χ0n) is 16.2. The molecule has 2 heterocycles. The number of amides is 1. The van der Waals surface area contributed by atoms with Crippen molar-refractivity contribution < 1.29 is 17.9 Å². The van der Waals surface area contributed by atoms with Crippen molar-refractivity contribution in [2.45, 2.75) is 50.0 Å². The lowest BCUT2D eigenvalue weighted by atomic mass is 10.2. The summed E-state index contributed by atoms with van der Waals surface area (Å²) >= 11 is 1.22. The number of piperidine rings is 1. The number of carbonyl (C=O) groups excluding carboxylic acids is 1. The van der Waals surface area contributed by atoms with Crippen LogP contribution in [-0.2, 0) is 16.6 Å². The van der Waals surface area contributed by atoms with Gasteiger partial charge in [-0.2, -0.15) is 4.31 Å². The Labute approximate surface area is 170 Å². The van der Waals surface area contributed by atoms with E-state index in [2.05, 4.69) is 5.32 Å². The van der Waals surface area contributed by atoms with Gasteiger partial charge in [0.05, 0.1) is 12.6 Å². The summed E-state index contributed by atoms with van der Waals surface area (Å²) < 4.78 is 32.9. The third-order valence-electron chi connectivity index (χ3n) is 4.46. The highest BCUT2D eigenvalue weighted by molar-refractivity contribution is 7.91. The lowest BCUT2D eigenvalue weighted by Gasteiger charge is -2.25. The van der Waals surface area contributed by atoms with Crippen LogP contribution in [0.5, 0.6) is 5.75 Å². The van der Waals surface area contributed by atoms with Crippen molar-refractivity contribution in [2.75, 3.05) is 13.1 Å². The molecule has 0 unspecified atom stereocenters. The van der Waals surface area contributed by atoms with E-state index in [4.69, 9.17) is 4.74 Å². The van der Waals surface area contributed by atoms with E-state index >= 15 is 0 Å². The topological polar surface area (TPSA) is 75.7 Å². The van der Waals surface area contributed by atoms with E-state index in [1.54, 1.807) is 40.7 Å². The summed E-state index contributed by atoms with van der Waals surface area (Å²) in [7, 11) is -3.42. The lowest BCUT2D eigenvalue weighted by Crippen LogP contribution is -2.35. The summed E-state index contributed by atoms with van der Waals surface area (Å²) in [4.78, 5) is 13.1. The summed E-state index contributed by atoms with van der Waals surface area (Å²) in [6.45, 7) is 5.36. The average Bonchev–Trinajstić information content (AvgIpc) is 3.17. The normalized spacial score (nSPS) is 15.5. The van der Waals surface area contributed by atoms with E-state index < -0.39 is 10.0 Å². The molecule has 0 aliphatic carbocycles. The molecule has 8 heteroatoms. The molecule has 0 atom stereocenters. The number of carbonyl (C=O) groups is 1. The molecule has 1 aliphatic rings. The molecule has 1 aromatic heterocycles. The largest absolute Gasteiger partial charge is 0.491 e. The number of ether oxygens (including phenoxy) is 1. The van der Waals surface area contributed by atoms with E-state index in [1.165, 1.54) is 11.3 Å². The Morgan fingerprint density at radius 1 is 1.11 bits per heavy atom. The van der Waals surface area contributed by atoms with Crippen LogP contribution >= 0.6 is 11.3 Å². The molecule has 2 aromatic rings. The van der Waals surface area contributed by atoms with Crippen LogP contribution in [0.1, 0.15) is 48.3 Å². The zero-order chi connectivity index (χ0) is 20.1. The maximum atomic E-state index is 12.7. The third-order valence-corrected chi connectivity index (χ3v) is 7.91. The second-order valence-corrected chi connectivity index (χ2v) is 10.4. The van der Waals surface area contributed by atoms with Crippen molar-refractivity contribution in [1.82, 2.24) is 9.62 Å². The van der Waals surface area contributed by atoms with Crippen molar-refractivity contribution in [3.63, 3.8) is 0 Å². The quantitative estimate of drug-likeness (QED) is 0.739. The Morgan fingerprint density at radius 3 is 2.43 bits per heavy atom. The van der Waals surface area contributed by atoms with Gasteiger partial charge >= 0.3 is 0 Å². The molecular weight excluding hydrogens is 396 g/mol. The van der Waals surface area contributed by atoms with Gasteiger partial charge in [0.1, 0.15) is 9.96 Å². The second kappa shape index (κ2) is 9.07. The van der Waals surface area contributed by atoms with Crippen molar-refractivity contribution in [2.24, 2.45) is 0 Å². The summed E-state index contributed by atoms with van der Waals surface area (Å²) in [5.41, 5.74) is 0.536. The van der Waals surface area contributed by atoms with Gasteiger partial charge in [-0.25, -0.2) is 8.42 Å². The van der Waals surface area contributed by atoms with Gasteiger partial charge in [-0.1, -0.05) is 6.42 Å². The molecule has 28 heavy (non-hydrogen) atoms. The first kappa shape index (κ1) is 20.8. The Hall–Kier alpha value is -1.90. The number of hydrogen-bond donors (Lipinski definition) is 1. The Kier molecular flexibility index (Phi) is 6.74. The minimum absolute atomic E-state index is 0.0777. The molecule has 0 saturated carbocycles. The number of thiophene rings is 1. The minimum Gasteiger partial charge on any atom is -0.491 e. The molecule has 1 N–H and O–H groups in total. The highest BCUT2D eigenvalue weighted by Crippen LogP contribution is 2.27. The first-order valence-electron chi connectivity index (χ1n) is 9.50. The fraction of sp³-hybridized carbons (Fsp3) is 0.450. The predicted octanol–water partition coefficient (Wildman–Crippen LogP) is 3.64. The number of sulfonamides is 1. The SMILES string of the molecule is CC(C)Oc1ccc(C(=O)NCc2ccc(S(=O)(=O)N3CCCCC3)s2)cc1. The lowest BCUT2D eigenvalue weighted by molar-refractivity contribution is 0.0951. The highest BCUT2D eigenvalue weighted by atomic mass is 32.2. The Balaban J connectivity index is 1.58. The summed E-state index contributed by atoms with van der Waals surface area (Å²) in [5.74, 6) is 0.516. The molecule has 1 aromatic carbocycles. The second-order valence-electron chi connectivity index (χ2n) is 7.06. The maximum Gasteiger partial charge on any atom is 0.252 e.